The summed E-state index contributed by atoms with van der Waals surface area (Å²) in [6.07, 6.45) is -0.358. The first-order valence-corrected chi connectivity index (χ1v) is 7.54. The number of fused-ring (bicyclic) bond motifs is 1. The number of anilines is 1. The second kappa shape index (κ2) is 4.62. The molecule has 2 aliphatic rings. The largest absolute Gasteiger partial charge is 0.486 e. The molecule has 0 spiro atoms. The Morgan fingerprint density at radius 1 is 1.25 bits per heavy atom. The van der Waals surface area contributed by atoms with E-state index in [0.717, 1.165) is 0 Å². The van der Waals surface area contributed by atoms with Gasteiger partial charge in [-0.1, -0.05) is 6.07 Å². The zero-order chi connectivity index (χ0) is 14.3. The van der Waals surface area contributed by atoms with Crippen LogP contribution in [0.25, 0.3) is 0 Å². The normalized spacial score (nSPS) is 22.1. The van der Waals surface area contributed by atoms with Crippen molar-refractivity contribution in [3.05, 3.63) is 18.2 Å². The van der Waals surface area contributed by atoms with Gasteiger partial charge in [0.2, 0.25) is 5.91 Å². The second-order valence-electron chi connectivity index (χ2n) is 4.61. The molecule has 0 N–H and O–H groups in total. The van der Waals surface area contributed by atoms with Gasteiger partial charge in [-0.15, -0.1) is 3.89 Å². The summed E-state index contributed by atoms with van der Waals surface area (Å²) in [6.45, 7) is 0.542. The third-order valence-electron chi connectivity index (χ3n) is 3.32. The van der Waals surface area contributed by atoms with E-state index in [9.17, 15) is 17.1 Å². The van der Waals surface area contributed by atoms with Gasteiger partial charge in [0.05, 0.1) is 5.69 Å². The molecule has 1 fully saturated rings. The Morgan fingerprint density at radius 2 is 2.00 bits per heavy atom. The molecule has 108 valence electrons. The van der Waals surface area contributed by atoms with Crippen LogP contribution in [0.1, 0.15) is 6.42 Å². The first-order chi connectivity index (χ1) is 9.47. The molecule has 1 aromatic carbocycles. The van der Waals surface area contributed by atoms with Crippen LogP contribution >= 0.6 is 0 Å². The Morgan fingerprint density at radius 3 is 2.70 bits per heavy atom. The molecule has 0 saturated carbocycles. The van der Waals surface area contributed by atoms with Gasteiger partial charge in [-0.05, 0) is 12.1 Å². The van der Waals surface area contributed by atoms with Crippen molar-refractivity contribution in [1.29, 1.82) is 0 Å². The summed E-state index contributed by atoms with van der Waals surface area (Å²) >= 11 is 0. The Bertz CT molecular complexity index is 660. The molecule has 1 aromatic rings. The Hall–Kier alpha value is -1.83. The average Bonchev–Trinajstić information content (AvgIpc) is 2.80. The molecule has 1 amide bonds. The number of amides is 1. The smallest absolute Gasteiger partial charge is 0.307 e. The molecule has 6 nitrogen and oxygen atoms in total. The van der Waals surface area contributed by atoms with Crippen LogP contribution in [0.5, 0.6) is 11.5 Å². The van der Waals surface area contributed by atoms with Crippen molar-refractivity contribution in [2.75, 3.05) is 24.7 Å². The summed E-state index contributed by atoms with van der Waals surface area (Å²) < 4.78 is 45.8. The van der Waals surface area contributed by atoms with E-state index in [1.54, 1.807) is 18.2 Å². The summed E-state index contributed by atoms with van der Waals surface area (Å²) in [4.78, 5) is 13.1. The number of nitrogens with zero attached hydrogens (tertiary/aromatic N) is 1. The van der Waals surface area contributed by atoms with Crippen LogP contribution in [0.4, 0.5) is 9.57 Å². The third kappa shape index (κ3) is 2.20. The lowest BCUT2D eigenvalue weighted by Gasteiger charge is -2.25. The van der Waals surface area contributed by atoms with Crippen molar-refractivity contribution in [3.63, 3.8) is 0 Å². The minimum Gasteiger partial charge on any atom is -0.486 e. The summed E-state index contributed by atoms with van der Waals surface area (Å²) in [5.41, 5.74) is 0.415. The first kappa shape index (κ1) is 13.2. The van der Waals surface area contributed by atoms with Crippen molar-refractivity contribution >= 4 is 21.8 Å². The monoisotopic (exact) mass is 301 g/mol. The highest BCUT2D eigenvalue weighted by molar-refractivity contribution is 7.87. The number of hydrogen-bond donors (Lipinski definition) is 0. The predicted molar refractivity (Wildman–Crippen MR) is 68.2 cm³/mol. The van der Waals surface area contributed by atoms with Gasteiger partial charge in [0, 0.05) is 13.0 Å². The molecule has 0 bridgehead atoms. The zero-order valence-corrected chi connectivity index (χ0v) is 11.2. The standard InChI is InChI=1S/C12H12FNO5S/c13-20(16,17)8-6-11(15)14(7-8)9-2-1-3-10-12(9)19-5-4-18-10/h1-3,8H,4-7H2. The van der Waals surface area contributed by atoms with Crippen LogP contribution in [0.15, 0.2) is 18.2 Å². The van der Waals surface area contributed by atoms with E-state index in [-0.39, 0.29) is 13.0 Å². The highest BCUT2D eigenvalue weighted by Gasteiger charge is 2.40. The van der Waals surface area contributed by atoms with Crippen molar-refractivity contribution in [2.45, 2.75) is 11.7 Å². The van der Waals surface area contributed by atoms with Gasteiger partial charge in [-0.3, -0.25) is 4.79 Å². The highest BCUT2D eigenvalue weighted by Crippen LogP contribution is 2.41. The van der Waals surface area contributed by atoms with E-state index in [4.69, 9.17) is 9.47 Å². The Balaban J connectivity index is 1.96. The van der Waals surface area contributed by atoms with E-state index in [1.165, 1.54) is 4.90 Å². The van der Waals surface area contributed by atoms with Crippen molar-refractivity contribution in [2.24, 2.45) is 0 Å². The van der Waals surface area contributed by atoms with Gasteiger partial charge in [0.1, 0.15) is 18.5 Å². The van der Waals surface area contributed by atoms with Crippen molar-refractivity contribution < 1.29 is 26.6 Å². The molecule has 8 heteroatoms. The molecule has 1 unspecified atom stereocenters. The maximum absolute atomic E-state index is 13.0. The lowest BCUT2D eigenvalue weighted by molar-refractivity contribution is -0.117. The molecular weight excluding hydrogens is 289 g/mol. The van der Waals surface area contributed by atoms with E-state index in [0.29, 0.717) is 30.4 Å². The molecule has 1 saturated heterocycles. The first-order valence-electron chi connectivity index (χ1n) is 6.09. The lowest BCUT2D eigenvalue weighted by atomic mass is 10.2. The molecule has 0 aliphatic carbocycles. The summed E-state index contributed by atoms with van der Waals surface area (Å²) in [7, 11) is -4.73. The predicted octanol–water partition coefficient (Wildman–Crippen LogP) is 0.862. The number of para-hydroxylation sites is 1. The Kier molecular flexibility index (Phi) is 3.04. The van der Waals surface area contributed by atoms with Crippen LogP contribution < -0.4 is 14.4 Å². The van der Waals surface area contributed by atoms with Gasteiger partial charge in [0.25, 0.3) is 0 Å². The van der Waals surface area contributed by atoms with Gasteiger partial charge in [-0.25, -0.2) is 0 Å². The topological polar surface area (TPSA) is 72.9 Å². The van der Waals surface area contributed by atoms with Crippen LogP contribution in [0.2, 0.25) is 0 Å². The van der Waals surface area contributed by atoms with Crippen LogP contribution in [0.3, 0.4) is 0 Å². The molecule has 0 radical (unpaired) electrons. The number of carbonyl (C=O) groups excluding carboxylic acids is 1. The second-order valence-corrected chi connectivity index (χ2v) is 6.23. The Labute approximate surface area is 115 Å². The number of rotatable bonds is 2. The van der Waals surface area contributed by atoms with Gasteiger partial charge < -0.3 is 14.4 Å². The summed E-state index contributed by atoms with van der Waals surface area (Å²) in [5, 5.41) is -1.32. The highest BCUT2D eigenvalue weighted by atomic mass is 32.3. The van der Waals surface area contributed by atoms with E-state index < -0.39 is 21.4 Å². The summed E-state index contributed by atoms with van der Waals surface area (Å²) in [6, 6.07) is 4.99. The van der Waals surface area contributed by atoms with Crippen molar-refractivity contribution in [3.8, 4) is 11.5 Å². The number of halogens is 1. The van der Waals surface area contributed by atoms with Gasteiger partial charge in [0.15, 0.2) is 11.5 Å². The minimum absolute atomic E-state index is 0.211. The van der Waals surface area contributed by atoms with E-state index >= 15 is 0 Å². The fourth-order valence-corrected chi connectivity index (χ4v) is 3.04. The quantitative estimate of drug-likeness (QED) is 0.758. The fraction of sp³-hybridized carbons (Fsp3) is 0.417. The van der Waals surface area contributed by atoms with Crippen molar-refractivity contribution in [1.82, 2.24) is 0 Å². The van der Waals surface area contributed by atoms with Crippen LogP contribution in [-0.2, 0) is 15.0 Å². The zero-order valence-electron chi connectivity index (χ0n) is 10.4. The molecule has 3 rings (SSSR count). The maximum Gasteiger partial charge on any atom is 0.307 e. The van der Waals surface area contributed by atoms with Gasteiger partial charge in [-0.2, -0.15) is 8.42 Å². The lowest BCUT2D eigenvalue weighted by Crippen LogP contribution is -2.28. The summed E-state index contributed by atoms with van der Waals surface area (Å²) in [5.74, 6) is 0.441. The van der Waals surface area contributed by atoms with E-state index in [1.807, 2.05) is 0 Å². The molecular formula is C12H12FNO5S. The SMILES string of the molecule is O=C1CC(S(=O)(=O)F)CN1c1cccc2c1OCCO2. The van der Waals surface area contributed by atoms with Crippen LogP contribution in [0, 0.1) is 0 Å². The maximum atomic E-state index is 13.0. The molecule has 20 heavy (non-hydrogen) atoms. The molecule has 0 aromatic heterocycles. The molecule has 2 aliphatic heterocycles. The minimum atomic E-state index is -4.73. The van der Waals surface area contributed by atoms with Gasteiger partial charge >= 0.3 is 10.2 Å². The number of carbonyl (C=O) groups is 1. The molecule has 2 heterocycles. The average molecular weight is 301 g/mol. The number of hydrogen-bond acceptors (Lipinski definition) is 5. The van der Waals surface area contributed by atoms with Crippen LogP contribution in [-0.4, -0.2) is 39.3 Å². The molecule has 1 atom stereocenters. The number of ether oxygens (including phenoxy) is 2. The third-order valence-corrected chi connectivity index (χ3v) is 4.44. The van der Waals surface area contributed by atoms with E-state index in [2.05, 4.69) is 0 Å². The number of benzene rings is 1. The fourth-order valence-electron chi connectivity index (χ4n) is 2.37.